The molecule has 1 aliphatic rings. The van der Waals surface area contributed by atoms with Gasteiger partial charge in [-0.25, -0.2) is 0 Å². The Morgan fingerprint density at radius 1 is 0.474 bits per heavy atom. The van der Waals surface area contributed by atoms with Gasteiger partial charge in [-0.1, -0.05) is 224 Å². The molecule has 1 aliphatic heterocycles. The van der Waals surface area contributed by atoms with Gasteiger partial charge in [0.25, 0.3) is 0 Å². The first-order valence-electron chi connectivity index (χ1n) is 27.8. The minimum Gasteiger partial charge on any atom is -0.485 e. The van der Waals surface area contributed by atoms with Crippen molar-refractivity contribution in [3.8, 4) is 39.3 Å². The molecule has 388 valence electrons. The molecule has 12 rings (SSSR count). The van der Waals surface area contributed by atoms with E-state index in [4.69, 9.17) is 9.15 Å². The molecule has 0 bridgehead atoms. The van der Waals surface area contributed by atoms with E-state index in [1.54, 1.807) is 0 Å². The topological polar surface area (TPSA) is 25.6 Å². The molecule has 0 aliphatic carbocycles. The summed E-state index contributed by atoms with van der Waals surface area (Å²) < 4.78 is 13.2. The highest BCUT2D eigenvalue weighted by Gasteiger charge is 2.26. The van der Waals surface area contributed by atoms with Gasteiger partial charge < -0.3 is 14.1 Å². The van der Waals surface area contributed by atoms with Crippen molar-refractivity contribution in [2.75, 3.05) is 4.90 Å². The van der Waals surface area contributed by atoms with Crippen molar-refractivity contribution in [1.82, 2.24) is 0 Å². The predicted molar refractivity (Wildman–Crippen MR) is 330 cm³/mol. The number of anilines is 3. The van der Waals surface area contributed by atoms with E-state index in [1.165, 1.54) is 66.6 Å². The maximum atomic E-state index is 6.72. The molecule has 10 aromatic carbocycles. The summed E-state index contributed by atoms with van der Waals surface area (Å²) in [6.07, 6.45) is 2.95. The van der Waals surface area contributed by atoms with Crippen LogP contribution >= 0.6 is 0 Å². The molecular formula is C75H71NO2. The van der Waals surface area contributed by atoms with Crippen LogP contribution in [-0.4, -0.2) is 0 Å². The Labute approximate surface area is 462 Å². The summed E-state index contributed by atoms with van der Waals surface area (Å²) in [6, 6.07) is 85.6. The minimum atomic E-state index is -0.0603. The average Bonchev–Trinajstić information content (AvgIpc) is 4.20. The number of benzene rings is 10. The van der Waals surface area contributed by atoms with Crippen LogP contribution in [0, 0.1) is 6.92 Å². The lowest BCUT2D eigenvalue weighted by molar-refractivity contribution is 0.239. The molecule has 0 saturated heterocycles. The molecule has 0 saturated carbocycles. The number of aryl methyl sites for hydroxylation is 2. The summed E-state index contributed by atoms with van der Waals surface area (Å²) in [6.45, 7) is 18.1. The molecule has 0 radical (unpaired) electrons. The van der Waals surface area contributed by atoms with Gasteiger partial charge in [0.2, 0.25) is 0 Å². The van der Waals surface area contributed by atoms with Crippen LogP contribution < -0.4 is 9.64 Å². The fourth-order valence-corrected chi connectivity index (χ4v) is 10.9. The predicted octanol–water partition coefficient (Wildman–Crippen LogP) is 21.1. The normalized spacial score (nSPS) is 13.6. The van der Waals surface area contributed by atoms with Crippen LogP contribution in [0.2, 0.25) is 0 Å². The van der Waals surface area contributed by atoms with E-state index in [-0.39, 0.29) is 16.9 Å². The molecule has 2 unspecified atom stereocenters. The van der Waals surface area contributed by atoms with E-state index in [9.17, 15) is 0 Å². The quantitative estimate of drug-likeness (QED) is 0.129. The average molecular weight is 1020 g/mol. The van der Waals surface area contributed by atoms with Gasteiger partial charge in [0.15, 0.2) is 0 Å². The van der Waals surface area contributed by atoms with Gasteiger partial charge in [-0.3, -0.25) is 0 Å². The van der Waals surface area contributed by atoms with E-state index >= 15 is 0 Å². The Morgan fingerprint density at radius 2 is 1.06 bits per heavy atom. The molecule has 2 atom stereocenters. The van der Waals surface area contributed by atoms with Crippen LogP contribution in [0.15, 0.2) is 241 Å². The van der Waals surface area contributed by atoms with E-state index in [0.29, 0.717) is 5.92 Å². The Hall–Kier alpha value is -8.40. The Bertz CT molecular complexity index is 3770. The number of fused-ring (bicyclic) bond motifs is 3. The number of ether oxygens (including phenoxy) is 1. The van der Waals surface area contributed by atoms with Crippen molar-refractivity contribution < 1.29 is 9.15 Å². The Morgan fingerprint density at radius 3 is 1.73 bits per heavy atom. The number of rotatable bonds is 11. The number of hydrogen-bond acceptors (Lipinski definition) is 3. The Balaban J connectivity index is 0.000000433. The van der Waals surface area contributed by atoms with Gasteiger partial charge >= 0.3 is 0 Å². The smallest absolute Gasteiger partial charge is 0.135 e. The first-order valence-corrected chi connectivity index (χ1v) is 27.8. The second-order valence-electron chi connectivity index (χ2n) is 23.5. The van der Waals surface area contributed by atoms with Crippen LogP contribution in [0.25, 0.3) is 55.3 Å². The second-order valence-corrected chi connectivity index (χ2v) is 23.5. The highest BCUT2D eigenvalue weighted by molar-refractivity contribution is 5.98. The van der Waals surface area contributed by atoms with Crippen molar-refractivity contribution in [3.63, 3.8) is 0 Å². The third kappa shape index (κ3) is 11.6. The van der Waals surface area contributed by atoms with Crippen molar-refractivity contribution in [2.24, 2.45) is 0 Å². The maximum absolute atomic E-state index is 6.72. The molecular weight excluding hydrogens is 947 g/mol. The van der Waals surface area contributed by atoms with Crippen molar-refractivity contribution in [1.29, 1.82) is 0 Å². The van der Waals surface area contributed by atoms with Gasteiger partial charge in [0.1, 0.15) is 23.2 Å². The summed E-state index contributed by atoms with van der Waals surface area (Å²) in [4.78, 5) is 2.37. The van der Waals surface area contributed by atoms with E-state index in [1.807, 2.05) is 6.07 Å². The molecule has 0 N–H and O–H groups in total. The third-order valence-corrected chi connectivity index (χ3v) is 15.6. The number of furan rings is 1. The fraction of sp³-hybridized carbons (Fsp3) is 0.200. The zero-order valence-electron chi connectivity index (χ0n) is 46.6. The van der Waals surface area contributed by atoms with Gasteiger partial charge in [0.05, 0.1) is 0 Å². The molecule has 1 aromatic heterocycles. The maximum Gasteiger partial charge on any atom is 0.135 e. The molecule has 78 heavy (non-hydrogen) atoms. The standard InChI is InChI=1S/C62H59NO2.C13H12/c1-41(22-23-42-14-11-18-52(32-42)61(2,3)4)43-24-26-45(27-25-43)57-38-50-33-48-34-51-39-58(65-60(51)37-49(48)36-59(50)64-57)46-28-30-54(31-29-46)63(56-21-13-19-53(40-56)62(5,6)7)55-20-12-17-47(35-55)44-15-9-8-10-16-44;1-11-6-5-9-13(10-11)12-7-3-2-4-8-12/h8-21,24-38,40-41,58H,22-23,39H2,1-7H3;2-10H,1H3. The number of nitrogens with zero attached hydrogens (tertiary/aromatic N) is 1. The lowest BCUT2D eigenvalue weighted by Crippen LogP contribution is -2.14. The summed E-state index contributed by atoms with van der Waals surface area (Å²) >= 11 is 0. The SMILES string of the molecule is CC(CCc1cccc(C(C)(C)C)c1)c1ccc(-c2cc3cc4cc5c(cc4cc3o2)OC(c2ccc(N(c3cccc(-c4ccccc4)c3)c3cccc(C(C)(C)C)c3)cc2)C5)cc1.Cc1cccc(-c2ccccc2)c1. The van der Waals surface area contributed by atoms with Gasteiger partial charge in [-0.05, 0) is 170 Å². The molecule has 11 aromatic rings. The monoisotopic (exact) mass is 1020 g/mol. The van der Waals surface area contributed by atoms with E-state index < -0.39 is 0 Å². The molecule has 0 spiro atoms. The lowest BCUT2D eigenvalue weighted by Gasteiger charge is -2.28. The van der Waals surface area contributed by atoms with Crippen LogP contribution in [0.4, 0.5) is 17.1 Å². The first-order chi connectivity index (χ1) is 37.7. The highest BCUT2D eigenvalue weighted by Crippen LogP contribution is 2.43. The van der Waals surface area contributed by atoms with Crippen LogP contribution in [0.5, 0.6) is 5.75 Å². The first kappa shape index (κ1) is 51.7. The van der Waals surface area contributed by atoms with Gasteiger partial charge in [-0.2, -0.15) is 0 Å². The molecule has 0 amide bonds. The summed E-state index contributed by atoms with van der Waals surface area (Å²) in [7, 11) is 0. The van der Waals surface area contributed by atoms with Crippen LogP contribution in [0.3, 0.4) is 0 Å². The Kier molecular flexibility index (Phi) is 14.5. The zero-order chi connectivity index (χ0) is 54.0. The van der Waals surface area contributed by atoms with E-state index in [2.05, 4.69) is 291 Å². The molecule has 0 fully saturated rings. The van der Waals surface area contributed by atoms with Crippen molar-refractivity contribution in [3.05, 3.63) is 276 Å². The molecule has 3 heteroatoms. The summed E-state index contributed by atoms with van der Waals surface area (Å²) in [5, 5.41) is 3.43. The van der Waals surface area contributed by atoms with Crippen molar-refractivity contribution >= 4 is 38.8 Å². The summed E-state index contributed by atoms with van der Waals surface area (Å²) in [5.74, 6) is 2.31. The highest BCUT2D eigenvalue weighted by atomic mass is 16.5. The molecule has 2 heterocycles. The largest absolute Gasteiger partial charge is 0.485 e. The lowest BCUT2D eigenvalue weighted by atomic mass is 9.85. The van der Waals surface area contributed by atoms with Gasteiger partial charge in [0, 0.05) is 34.4 Å². The summed E-state index contributed by atoms with van der Waals surface area (Å²) in [5.41, 5.74) is 19.7. The molecule has 3 nitrogen and oxygen atoms in total. The van der Waals surface area contributed by atoms with Gasteiger partial charge in [-0.15, -0.1) is 0 Å². The second kappa shape index (κ2) is 21.9. The van der Waals surface area contributed by atoms with E-state index in [0.717, 1.165) is 69.8 Å². The minimum absolute atomic E-state index is 0.0245. The fourth-order valence-electron chi connectivity index (χ4n) is 10.9. The zero-order valence-corrected chi connectivity index (χ0v) is 46.6. The third-order valence-electron chi connectivity index (χ3n) is 15.6. The van der Waals surface area contributed by atoms with Crippen LogP contribution in [-0.2, 0) is 23.7 Å². The van der Waals surface area contributed by atoms with Crippen LogP contribution in [0.1, 0.15) is 106 Å². The van der Waals surface area contributed by atoms with Crippen molar-refractivity contribution in [2.45, 2.75) is 97.5 Å². The number of hydrogen-bond donors (Lipinski definition) is 0.